The lowest BCUT2D eigenvalue weighted by Gasteiger charge is -2.18. The first kappa shape index (κ1) is 17.0. The van der Waals surface area contributed by atoms with Crippen LogP contribution in [0.15, 0.2) is 52.9 Å². The van der Waals surface area contributed by atoms with Crippen molar-refractivity contribution in [1.29, 1.82) is 0 Å². The monoisotopic (exact) mass is 389 g/mol. The predicted octanol–water partition coefficient (Wildman–Crippen LogP) is 2.45. The average molecular weight is 389 g/mol. The third-order valence-electron chi connectivity index (χ3n) is 3.72. The van der Waals surface area contributed by atoms with Gasteiger partial charge in [0.05, 0.1) is 22.8 Å². The molecule has 7 nitrogen and oxygen atoms in total. The van der Waals surface area contributed by atoms with Gasteiger partial charge in [0, 0.05) is 17.6 Å². The molecule has 2 aromatic heterocycles. The third kappa shape index (κ3) is 3.55. The summed E-state index contributed by atoms with van der Waals surface area (Å²) in [6.07, 6.45) is 1.69. The van der Waals surface area contributed by atoms with Crippen LogP contribution in [0.3, 0.4) is 0 Å². The molecular weight excluding hydrogens is 374 g/mol. The zero-order valence-corrected chi connectivity index (χ0v) is 15.2. The number of hydrogen-bond donors (Lipinski definition) is 1. The largest absolute Gasteiger partial charge is 0.486 e. The van der Waals surface area contributed by atoms with Crippen LogP contribution < -0.4 is 14.2 Å². The second-order valence-corrected chi connectivity index (χ2v) is 8.18. The molecule has 0 atom stereocenters. The standard InChI is InChI=1S/C17H15N3O4S2/c21-26(22,12-4-5-15-16(9-12)24-8-7-23-15)19-10-17-20-14(11-25-17)13-3-1-2-6-18-13/h1-6,9,11,19H,7-8,10H2. The predicted molar refractivity (Wildman–Crippen MR) is 96.8 cm³/mol. The minimum atomic E-state index is -3.68. The number of hydrogen-bond acceptors (Lipinski definition) is 7. The Morgan fingerprint density at radius 3 is 2.73 bits per heavy atom. The highest BCUT2D eigenvalue weighted by molar-refractivity contribution is 7.89. The third-order valence-corrected chi connectivity index (χ3v) is 5.96. The lowest BCUT2D eigenvalue weighted by molar-refractivity contribution is 0.171. The molecule has 0 fully saturated rings. The van der Waals surface area contributed by atoms with Gasteiger partial charge < -0.3 is 9.47 Å². The Kier molecular flexibility index (Phi) is 4.58. The molecule has 0 saturated heterocycles. The number of aromatic nitrogens is 2. The van der Waals surface area contributed by atoms with Crippen molar-refractivity contribution >= 4 is 21.4 Å². The van der Waals surface area contributed by atoms with Crippen molar-refractivity contribution in [3.8, 4) is 22.9 Å². The SMILES string of the molecule is O=S(=O)(NCc1nc(-c2ccccn2)cs1)c1ccc2c(c1)OCCO2. The van der Waals surface area contributed by atoms with Crippen LogP contribution in [0.2, 0.25) is 0 Å². The van der Waals surface area contributed by atoms with Crippen LogP contribution in [0.1, 0.15) is 5.01 Å². The normalized spacial score (nSPS) is 13.5. The number of nitrogens with zero attached hydrogens (tertiary/aromatic N) is 2. The Morgan fingerprint density at radius 2 is 1.92 bits per heavy atom. The lowest BCUT2D eigenvalue weighted by atomic mass is 10.3. The van der Waals surface area contributed by atoms with Crippen molar-refractivity contribution in [1.82, 2.24) is 14.7 Å². The summed E-state index contributed by atoms with van der Waals surface area (Å²) < 4.78 is 38.5. The zero-order chi connectivity index (χ0) is 18.0. The fraction of sp³-hybridized carbons (Fsp3) is 0.176. The highest BCUT2D eigenvalue weighted by Crippen LogP contribution is 2.32. The van der Waals surface area contributed by atoms with E-state index in [4.69, 9.17) is 9.47 Å². The molecule has 1 aliphatic heterocycles. The summed E-state index contributed by atoms with van der Waals surface area (Å²) in [5.41, 5.74) is 1.48. The van der Waals surface area contributed by atoms with Crippen molar-refractivity contribution in [2.45, 2.75) is 11.4 Å². The maximum absolute atomic E-state index is 12.5. The second-order valence-electron chi connectivity index (χ2n) is 5.47. The van der Waals surface area contributed by atoms with Gasteiger partial charge >= 0.3 is 0 Å². The number of fused-ring (bicyclic) bond motifs is 1. The van der Waals surface area contributed by atoms with Crippen LogP contribution in [0.4, 0.5) is 0 Å². The zero-order valence-electron chi connectivity index (χ0n) is 13.6. The summed E-state index contributed by atoms with van der Waals surface area (Å²) in [5, 5.41) is 2.52. The van der Waals surface area contributed by atoms with Crippen LogP contribution in [-0.2, 0) is 16.6 Å². The Morgan fingerprint density at radius 1 is 1.08 bits per heavy atom. The number of ether oxygens (including phenoxy) is 2. The van der Waals surface area contributed by atoms with Crippen molar-refractivity contribution < 1.29 is 17.9 Å². The van der Waals surface area contributed by atoms with Crippen LogP contribution >= 0.6 is 11.3 Å². The van der Waals surface area contributed by atoms with Gasteiger partial charge in [-0.1, -0.05) is 6.07 Å². The van der Waals surface area contributed by atoms with Gasteiger partial charge in [0.15, 0.2) is 11.5 Å². The van der Waals surface area contributed by atoms with E-state index >= 15 is 0 Å². The summed E-state index contributed by atoms with van der Waals surface area (Å²) in [4.78, 5) is 8.80. The summed E-state index contributed by atoms with van der Waals surface area (Å²) in [6, 6.07) is 10.1. The summed E-state index contributed by atoms with van der Waals surface area (Å²) in [5.74, 6) is 0.987. The van der Waals surface area contributed by atoms with E-state index < -0.39 is 10.0 Å². The first-order valence-electron chi connectivity index (χ1n) is 7.87. The number of pyridine rings is 1. The Balaban J connectivity index is 1.48. The van der Waals surface area contributed by atoms with Crippen molar-refractivity contribution in [3.63, 3.8) is 0 Å². The molecule has 3 aromatic rings. The number of nitrogens with one attached hydrogen (secondary N) is 1. The van der Waals surface area contributed by atoms with Crippen LogP contribution in [0, 0.1) is 0 Å². The minimum Gasteiger partial charge on any atom is -0.486 e. The fourth-order valence-corrected chi connectivity index (χ4v) is 4.28. The number of rotatable bonds is 5. The van der Waals surface area contributed by atoms with Gasteiger partial charge in [0.25, 0.3) is 0 Å². The highest BCUT2D eigenvalue weighted by Gasteiger charge is 2.19. The Bertz CT molecular complexity index is 1020. The molecule has 4 rings (SSSR count). The molecule has 1 aromatic carbocycles. The first-order valence-corrected chi connectivity index (χ1v) is 10.2. The van der Waals surface area contributed by atoms with Gasteiger partial charge in [-0.25, -0.2) is 18.1 Å². The topological polar surface area (TPSA) is 90.4 Å². The molecule has 9 heteroatoms. The van der Waals surface area contributed by atoms with Gasteiger partial charge in [-0.15, -0.1) is 11.3 Å². The smallest absolute Gasteiger partial charge is 0.241 e. The van der Waals surface area contributed by atoms with E-state index in [1.165, 1.54) is 23.5 Å². The second kappa shape index (κ2) is 7.02. The molecule has 26 heavy (non-hydrogen) atoms. The maximum atomic E-state index is 12.5. The lowest BCUT2D eigenvalue weighted by Crippen LogP contribution is -2.23. The maximum Gasteiger partial charge on any atom is 0.241 e. The molecule has 3 heterocycles. The minimum absolute atomic E-state index is 0.105. The molecule has 134 valence electrons. The number of sulfonamides is 1. The molecule has 0 spiro atoms. The van der Waals surface area contributed by atoms with Crippen LogP contribution in [0.5, 0.6) is 11.5 Å². The molecular formula is C17H15N3O4S2. The molecule has 0 saturated carbocycles. The Hall–Kier alpha value is -2.49. The van der Waals surface area contributed by atoms with Gasteiger partial charge in [0.1, 0.15) is 18.2 Å². The van der Waals surface area contributed by atoms with E-state index in [1.807, 2.05) is 23.6 Å². The molecule has 0 bridgehead atoms. The van der Waals surface area contributed by atoms with Crippen LogP contribution in [0.25, 0.3) is 11.4 Å². The van der Waals surface area contributed by atoms with Gasteiger partial charge in [-0.05, 0) is 24.3 Å². The summed E-state index contributed by atoms with van der Waals surface area (Å²) >= 11 is 1.38. The van der Waals surface area contributed by atoms with Crippen molar-refractivity contribution in [3.05, 3.63) is 53.0 Å². The van der Waals surface area contributed by atoms with Crippen molar-refractivity contribution in [2.24, 2.45) is 0 Å². The highest BCUT2D eigenvalue weighted by atomic mass is 32.2. The molecule has 0 aliphatic carbocycles. The van der Waals surface area contributed by atoms with E-state index in [0.717, 1.165) is 11.4 Å². The molecule has 1 N–H and O–H groups in total. The van der Waals surface area contributed by atoms with E-state index in [1.54, 1.807) is 12.3 Å². The molecule has 0 unspecified atom stereocenters. The van der Waals surface area contributed by atoms with E-state index in [-0.39, 0.29) is 11.4 Å². The first-order chi connectivity index (χ1) is 12.6. The number of thiazole rings is 1. The number of benzene rings is 1. The quantitative estimate of drug-likeness (QED) is 0.721. The van der Waals surface area contributed by atoms with Crippen LogP contribution in [-0.4, -0.2) is 31.6 Å². The van der Waals surface area contributed by atoms with E-state index in [0.29, 0.717) is 29.7 Å². The fourth-order valence-electron chi connectivity index (χ4n) is 2.45. The van der Waals surface area contributed by atoms with E-state index in [2.05, 4.69) is 14.7 Å². The van der Waals surface area contributed by atoms with Crippen molar-refractivity contribution in [2.75, 3.05) is 13.2 Å². The summed E-state index contributed by atoms with van der Waals surface area (Å²) in [7, 11) is -3.68. The van der Waals surface area contributed by atoms with Gasteiger partial charge in [-0.2, -0.15) is 0 Å². The molecule has 0 radical (unpaired) electrons. The van der Waals surface area contributed by atoms with Gasteiger partial charge in [0.2, 0.25) is 10.0 Å². The van der Waals surface area contributed by atoms with Gasteiger partial charge in [-0.3, -0.25) is 4.98 Å². The summed E-state index contributed by atoms with van der Waals surface area (Å²) in [6.45, 7) is 0.966. The van der Waals surface area contributed by atoms with E-state index in [9.17, 15) is 8.42 Å². The molecule has 0 amide bonds. The molecule has 1 aliphatic rings. The Labute approximate surface area is 154 Å². The average Bonchev–Trinajstić information content (AvgIpc) is 3.16.